The van der Waals surface area contributed by atoms with Gasteiger partial charge in [-0.05, 0) is 36.8 Å². The first kappa shape index (κ1) is 20.1. The molecule has 0 unspecified atom stereocenters. The topological polar surface area (TPSA) is 84.7 Å². The van der Waals surface area contributed by atoms with E-state index in [9.17, 15) is 13.2 Å². The summed E-state index contributed by atoms with van der Waals surface area (Å²) in [6.45, 7) is 3.63. The Bertz CT molecular complexity index is 1010. The van der Waals surface area contributed by atoms with Gasteiger partial charge in [-0.15, -0.1) is 0 Å². The molecular weight excluding hydrogens is 392 g/mol. The molecule has 29 heavy (non-hydrogen) atoms. The molecule has 9 heteroatoms. The smallest absolute Gasteiger partial charge is 0.268 e. The summed E-state index contributed by atoms with van der Waals surface area (Å²) in [7, 11) is -1.24. The summed E-state index contributed by atoms with van der Waals surface area (Å²) in [5.41, 5.74) is 1.53. The van der Waals surface area contributed by atoms with Crippen LogP contribution in [0.15, 0.2) is 41.2 Å². The number of aromatic nitrogens is 2. The molecule has 2 aliphatic rings. The summed E-state index contributed by atoms with van der Waals surface area (Å²) in [5, 5.41) is 4.54. The zero-order valence-corrected chi connectivity index (χ0v) is 17.3. The molecule has 0 spiro atoms. The fourth-order valence-electron chi connectivity index (χ4n) is 3.99. The maximum absolute atomic E-state index is 12.3. The molecule has 8 nitrogen and oxygen atoms in total. The summed E-state index contributed by atoms with van der Waals surface area (Å²) in [6.07, 6.45) is 0.729. The molecule has 1 aromatic heterocycles. The Morgan fingerprint density at radius 2 is 1.79 bits per heavy atom. The van der Waals surface area contributed by atoms with E-state index in [0.29, 0.717) is 12.4 Å². The van der Waals surface area contributed by atoms with E-state index < -0.39 is 9.84 Å². The average Bonchev–Trinajstić information content (AvgIpc) is 3.10. The number of hydrogen-bond acceptors (Lipinski definition) is 7. The summed E-state index contributed by atoms with van der Waals surface area (Å²) in [4.78, 5) is 16.8. The molecule has 2 saturated heterocycles. The van der Waals surface area contributed by atoms with Crippen LogP contribution in [0.25, 0.3) is 11.3 Å². The standard InChI is InChI=1S/C20H26N4O4S/c1-28-18-4-2-16(3-5-18)19-6-7-20(25)24(21-19)15-22-9-11-23(12-10-22)17-8-13-29(26,27)14-17/h2-7,17H,8-15H2,1H3/t17-/m0/s1. The molecule has 0 amide bonds. The summed E-state index contributed by atoms with van der Waals surface area (Å²) < 4.78 is 30.1. The largest absolute Gasteiger partial charge is 0.497 e. The van der Waals surface area contributed by atoms with Crippen LogP contribution in [-0.2, 0) is 16.5 Å². The third-order valence-corrected chi connectivity index (χ3v) is 7.47. The normalized spacial score (nSPS) is 22.6. The van der Waals surface area contributed by atoms with Gasteiger partial charge in [0.05, 0.1) is 31.0 Å². The van der Waals surface area contributed by atoms with E-state index in [1.807, 2.05) is 24.3 Å². The Kier molecular flexibility index (Phi) is 5.71. The van der Waals surface area contributed by atoms with Gasteiger partial charge >= 0.3 is 0 Å². The number of hydrogen-bond donors (Lipinski definition) is 0. The summed E-state index contributed by atoms with van der Waals surface area (Å²) in [6, 6.07) is 11.0. The lowest BCUT2D eigenvalue weighted by Crippen LogP contribution is -2.51. The average molecular weight is 419 g/mol. The molecular formula is C20H26N4O4S. The number of piperazine rings is 1. The Hall–Kier alpha value is -2.23. The van der Waals surface area contributed by atoms with E-state index in [-0.39, 0.29) is 17.4 Å². The van der Waals surface area contributed by atoms with Gasteiger partial charge in [-0.25, -0.2) is 13.1 Å². The van der Waals surface area contributed by atoms with Gasteiger partial charge in [-0.2, -0.15) is 5.10 Å². The van der Waals surface area contributed by atoms with Crippen LogP contribution in [0.4, 0.5) is 0 Å². The van der Waals surface area contributed by atoms with Gasteiger partial charge < -0.3 is 4.74 Å². The van der Waals surface area contributed by atoms with Crippen molar-refractivity contribution in [1.82, 2.24) is 19.6 Å². The SMILES string of the molecule is COc1ccc(-c2ccc(=O)n(CN3CCN([C@H]4CCS(=O)(=O)C4)CC3)n2)cc1. The fraction of sp³-hybridized carbons (Fsp3) is 0.500. The zero-order valence-electron chi connectivity index (χ0n) is 16.5. The number of benzene rings is 1. The van der Waals surface area contributed by atoms with Crippen molar-refractivity contribution in [3.05, 3.63) is 46.8 Å². The van der Waals surface area contributed by atoms with Crippen LogP contribution in [0.5, 0.6) is 5.75 Å². The molecule has 0 N–H and O–H groups in total. The Labute approximate surface area is 170 Å². The van der Waals surface area contributed by atoms with Crippen molar-refractivity contribution in [2.45, 2.75) is 19.1 Å². The van der Waals surface area contributed by atoms with Crippen molar-refractivity contribution in [3.63, 3.8) is 0 Å². The first-order chi connectivity index (χ1) is 13.9. The van der Waals surface area contributed by atoms with Crippen molar-refractivity contribution in [1.29, 1.82) is 0 Å². The van der Waals surface area contributed by atoms with Crippen molar-refractivity contribution in [3.8, 4) is 17.0 Å². The molecule has 0 bridgehead atoms. The molecule has 0 radical (unpaired) electrons. The Morgan fingerprint density at radius 3 is 2.41 bits per heavy atom. The molecule has 4 rings (SSSR count). The summed E-state index contributed by atoms with van der Waals surface area (Å²) in [5.74, 6) is 1.35. The van der Waals surface area contributed by atoms with E-state index in [1.165, 1.54) is 4.68 Å². The molecule has 0 aliphatic carbocycles. The highest BCUT2D eigenvalue weighted by Gasteiger charge is 2.33. The number of nitrogens with zero attached hydrogens (tertiary/aromatic N) is 4. The van der Waals surface area contributed by atoms with Crippen LogP contribution >= 0.6 is 0 Å². The third kappa shape index (κ3) is 4.68. The number of rotatable bonds is 5. The van der Waals surface area contributed by atoms with E-state index in [4.69, 9.17) is 4.74 Å². The minimum atomic E-state index is -2.87. The third-order valence-electron chi connectivity index (χ3n) is 5.72. The van der Waals surface area contributed by atoms with Crippen LogP contribution < -0.4 is 10.3 Å². The number of methoxy groups -OCH3 is 1. The van der Waals surface area contributed by atoms with Crippen LogP contribution in [0.3, 0.4) is 0 Å². The summed E-state index contributed by atoms with van der Waals surface area (Å²) >= 11 is 0. The second-order valence-electron chi connectivity index (χ2n) is 7.64. The molecule has 0 saturated carbocycles. The van der Waals surface area contributed by atoms with Crippen LogP contribution in [0.2, 0.25) is 0 Å². The predicted octanol–water partition coefficient (Wildman–Crippen LogP) is 0.681. The highest BCUT2D eigenvalue weighted by Crippen LogP contribution is 2.21. The molecule has 3 heterocycles. The van der Waals surface area contributed by atoms with Crippen molar-refractivity contribution < 1.29 is 13.2 Å². The lowest BCUT2D eigenvalue weighted by atomic mass is 10.1. The van der Waals surface area contributed by atoms with Crippen LogP contribution in [0, 0.1) is 0 Å². The molecule has 2 fully saturated rings. The fourth-order valence-corrected chi connectivity index (χ4v) is 5.75. The molecule has 2 aliphatic heterocycles. The van der Waals surface area contributed by atoms with E-state index in [0.717, 1.165) is 49.6 Å². The molecule has 1 aromatic carbocycles. The van der Waals surface area contributed by atoms with Crippen molar-refractivity contribution in [2.24, 2.45) is 0 Å². The van der Waals surface area contributed by atoms with Crippen molar-refractivity contribution in [2.75, 3.05) is 44.8 Å². The van der Waals surface area contributed by atoms with E-state index in [1.54, 1.807) is 19.2 Å². The van der Waals surface area contributed by atoms with E-state index in [2.05, 4.69) is 14.9 Å². The zero-order chi connectivity index (χ0) is 20.4. The van der Waals surface area contributed by atoms with Gasteiger partial charge in [0.15, 0.2) is 9.84 Å². The van der Waals surface area contributed by atoms with Gasteiger partial charge in [-0.3, -0.25) is 14.6 Å². The Balaban J connectivity index is 1.40. The Morgan fingerprint density at radius 1 is 1.07 bits per heavy atom. The second kappa shape index (κ2) is 8.25. The first-order valence-corrected chi connectivity index (χ1v) is 11.6. The maximum atomic E-state index is 12.3. The number of sulfone groups is 1. The van der Waals surface area contributed by atoms with Crippen molar-refractivity contribution >= 4 is 9.84 Å². The number of ether oxygens (including phenoxy) is 1. The highest BCUT2D eigenvalue weighted by molar-refractivity contribution is 7.91. The minimum Gasteiger partial charge on any atom is -0.497 e. The monoisotopic (exact) mass is 418 g/mol. The predicted molar refractivity (Wildman–Crippen MR) is 111 cm³/mol. The van der Waals surface area contributed by atoms with Gasteiger partial charge in [0, 0.05) is 43.9 Å². The van der Waals surface area contributed by atoms with Gasteiger partial charge in [0.25, 0.3) is 5.56 Å². The quantitative estimate of drug-likeness (QED) is 0.706. The van der Waals surface area contributed by atoms with Gasteiger partial charge in [0.1, 0.15) is 5.75 Å². The molecule has 2 aromatic rings. The lowest BCUT2D eigenvalue weighted by Gasteiger charge is -2.37. The molecule has 156 valence electrons. The van der Waals surface area contributed by atoms with Crippen LogP contribution in [-0.4, -0.2) is 78.8 Å². The van der Waals surface area contributed by atoms with E-state index >= 15 is 0 Å². The first-order valence-electron chi connectivity index (χ1n) is 9.83. The second-order valence-corrected chi connectivity index (χ2v) is 9.87. The van der Waals surface area contributed by atoms with Gasteiger partial charge in [-0.1, -0.05) is 0 Å². The molecule has 1 atom stereocenters. The minimum absolute atomic E-state index is 0.133. The van der Waals surface area contributed by atoms with Gasteiger partial charge in [0.2, 0.25) is 0 Å². The van der Waals surface area contributed by atoms with Crippen LogP contribution in [0.1, 0.15) is 6.42 Å². The lowest BCUT2D eigenvalue weighted by molar-refractivity contribution is 0.0800. The maximum Gasteiger partial charge on any atom is 0.268 e. The highest BCUT2D eigenvalue weighted by atomic mass is 32.2.